The first-order valence-corrected chi connectivity index (χ1v) is 12.8. The van der Waals surface area contributed by atoms with Gasteiger partial charge in [0.15, 0.2) is 17.5 Å². The maximum atomic E-state index is 15.1. The van der Waals surface area contributed by atoms with Crippen LogP contribution in [0.1, 0.15) is 18.1 Å². The number of ether oxygens (including phenoxy) is 1. The van der Waals surface area contributed by atoms with E-state index in [1.54, 1.807) is 6.07 Å². The van der Waals surface area contributed by atoms with Crippen LogP contribution < -0.4 is 4.74 Å². The maximum absolute atomic E-state index is 15.1. The van der Waals surface area contributed by atoms with Crippen molar-refractivity contribution < 1.29 is 44.3 Å². The van der Waals surface area contributed by atoms with Gasteiger partial charge in [0.25, 0.3) is 0 Å². The Labute approximate surface area is 239 Å². The molecule has 0 saturated heterocycles. The summed E-state index contributed by atoms with van der Waals surface area (Å²) in [7, 11) is 0. The summed E-state index contributed by atoms with van der Waals surface area (Å²) in [5.41, 5.74) is -0.111. The normalized spacial score (nSPS) is 11.6. The Balaban J connectivity index is 1.42. The summed E-state index contributed by atoms with van der Waals surface area (Å²) in [4.78, 5) is 0. The lowest BCUT2D eigenvalue weighted by atomic mass is 9.96. The standard InChI is InChI=1S/C33H19F9O/c1-2-17-3-5-18(6-4-17)19-7-9-23(25(34)11-19)20-8-10-24(26(35)12-20)21-13-27(36)31(28(37)14-21)33(41,42)43-22-15-29(38)32(40)30(39)16-22/h3-16H,2H2,1H3. The SMILES string of the molecule is CCc1ccc(-c2ccc(-c3ccc(-c4cc(F)c(C(F)(F)Oc5cc(F)c(F)c(F)c5)c(F)c4)c(F)c3)c(F)c2)cc1. The summed E-state index contributed by atoms with van der Waals surface area (Å²) in [6.45, 7) is 2.01. The van der Waals surface area contributed by atoms with Gasteiger partial charge >= 0.3 is 6.11 Å². The summed E-state index contributed by atoms with van der Waals surface area (Å²) in [5.74, 6) is -12.3. The third-order valence-electron chi connectivity index (χ3n) is 6.79. The summed E-state index contributed by atoms with van der Waals surface area (Å²) in [5, 5.41) is 0. The van der Waals surface area contributed by atoms with Gasteiger partial charge in [-0.1, -0.05) is 55.5 Å². The molecule has 0 aromatic heterocycles. The van der Waals surface area contributed by atoms with Gasteiger partial charge in [0.1, 0.15) is 34.6 Å². The van der Waals surface area contributed by atoms with Crippen LogP contribution in [0.3, 0.4) is 0 Å². The molecule has 0 bridgehead atoms. The first kappa shape index (κ1) is 29.8. The van der Waals surface area contributed by atoms with Crippen molar-refractivity contribution in [1.29, 1.82) is 0 Å². The summed E-state index contributed by atoms with van der Waals surface area (Å²) >= 11 is 0. The molecule has 0 amide bonds. The van der Waals surface area contributed by atoms with E-state index in [0.717, 1.165) is 29.7 Å². The fourth-order valence-corrected chi connectivity index (χ4v) is 4.58. The molecule has 220 valence electrons. The molecule has 0 saturated carbocycles. The van der Waals surface area contributed by atoms with Crippen molar-refractivity contribution in [1.82, 2.24) is 0 Å². The molecular weight excluding hydrogens is 583 g/mol. The van der Waals surface area contributed by atoms with Crippen LogP contribution in [0.5, 0.6) is 5.75 Å². The largest absolute Gasteiger partial charge is 0.432 e. The van der Waals surface area contributed by atoms with E-state index in [2.05, 4.69) is 4.74 Å². The number of rotatable bonds is 7. The highest BCUT2D eigenvalue weighted by molar-refractivity contribution is 5.74. The number of aryl methyl sites for hydroxylation is 1. The maximum Gasteiger partial charge on any atom is 0.432 e. The molecule has 10 heteroatoms. The van der Waals surface area contributed by atoms with Crippen LogP contribution in [-0.2, 0) is 12.5 Å². The molecular formula is C33H19F9O. The van der Waals surface area contributed by atoms with Gasteiger partial charge in [-0.3, -0.25) is 0 Å². The van der Waals surface area contributed by atoms with E-state index in [4.69, 9.17) is 0 Å². The Morgan fingerprint density at radius 3 is 1.51 bits per heavy atom. The summed E-state index contributed by atoms with van der Waals surface area (Å²) in [6, 6.07) is 16.3. The number of alkyl halides is 2. The van der Waals surface area contributed by atoms with Gasteiger partial charge in [-0.25, -0.2) is 30.7 Å². The first-order valence-electron chi connectivity index (χ1n) is 12.8. The van der Waals surface area contributed by atoms with E-state index >= 15 is 8.78 Å². The van der Waals surface area contributed by atoms with Crippen molar-refractivity contribution in [3.8, 4) is 39.1 Å². The zero-order chi connectivity index (χ0) is 31.1. The molecule has 0 spiro atoms. The molecule has 0 aliphatic carbocycles. The summed E-state index contributed by atoms with van der Waals surface area (Å²) < 4.78 is 133. The van der Waals surface area contributed by atoms with Gasteiger partial charge < -0.3 is 4.74 Å². The van der Waals surface area contributed by atoms with Gasteiger partial charge in [0.2, 0.25) is 0 Å². The quantitative estimate of drug-likeness (QED) is 0.133. The fourth-order valence-electron chi connectivity index (χ4n) is 4.58. The minimum absolute atomic E-state index is 0.0533. The smallest absolute Gasteiger partial charge is 0.429 e. The lowest BCUT2D eigenvalue weighted by Gasteiger charge is -2.20. The molecule has 0 aliphatic rings. The molecule has 1 nitrogen and oxygen atoms in total. The highest BCUT2D eigenvalue weighted by atomic mass is 19.3. The van der Waals surface area contributed by atoms with Crippen molar-refractivity contribution >= 4 is 0 Å². The van der Waals surface area contributed by atoms with Crippen molar-refractivity contribution in [3.05, 3.63) is 137 Å². The molecule has 0 radical (unpaired) electrons. The lowest BCUT2D eigenvalue weighted by molar-refractivity contribution is -0.189. The Bertz CT molecular complexity index is 1790. The third kappa shape index (κ3) is 5.95. The Kier molecular flexibility index (Phi) is 7.96. The predicted molar refractivity (Wildman–Crippen MR) is 143 cm³/mol. The monoisotopic (exact) mass is 602 g/mol. The summed E-state index contributed by atoms with van der Waals surface area (Å²) in [6.07, 6.45) is -3.95. The van der Waals surface area contributed by atoms with Gasteiger partial charge in [0, 0.05) is 23.3 Å². The van der Waals surface area contributed by atoms with E-state index in [-0.39, 0.29) is 28.8 Å². The number of hydrogen-bond acceptors (Lipinski definition) is 1. The van der Waals surface area contributed by atoms with E-state index in [9.17, 15) is 30.7 Å². The van der Waals surface area contributed by atoms with E-state index in [1.807, 2.05) is 31.2 Å². The zero-order valence-electron chi connectivity index (χ0n) is 22.1. The van der Waals surface area contributed by atoms with Crippen molar-refractivity contribution in [2.24, 2.45) is 0 Å². The topological polar surface area (TPSA) is 9.23 Å². The van der Waals surface area contributed by atoms with Gasteiger partial charge in [0.05, 0.1) is 0 Å². The van der Waals surface area contributed by atoms with Crippen molar-refractivity contribution in [2.45, 2.75) is 19.5 Å². The molecule has 0 unspecified atom stereocenters. The minimum Gasteiger partial charge on any atom is -0.429 e. The molecule has 0 heterocycles. The van der Waals surface area contributed by atoms with Crippen LogP contribution in [0.2, 0.25) is 0 Å². The molecule has 0 N–H and O–H groups in total. The lowest BCUT2D eigenvalue weighted by Crippen LogP contribution is -2.25. The second kappa shape index (κ2) is 11.5. The van der Waals surface area contributed by atoms with Crippen LogP contribution in [-0.4, -0.2) is 0 Å². The first-order chi connectivity index (χ1) is 20.4. The molecule has 5 rings (SSSR count). The predicted octanol–water partition coefficient (Wildman–Crippen LogP) is 10.4. The van der Waals surface area contributed by atoms with Gasteiger partial charge in [-0.2, -0.15) is 8.78 Å². The van der Waals surface area contributed by atoms with E-state index in [0.29, 0.717) is 17.7 Å². The average molecular weight is 602 g/mol. The van der Waals surface area contributed by atoms with Gasteiger partial charge in [-0.05, 0) is 58.5 Å². The van der Waals surface area contributed by atoms with Crippen LogP contribution in [0, 0.1) is 40.7 Å². The van der Waals surface area contributed by atoms with Crippen molar-refractivity contribution in [3.63, 3.8) is 0 Å². The molecule has 0 atom stereocenters. The molecule has 43 heavy (non-hydrogen) atoms. The van der Waals surface area contributed by atoms with Crippen LogP contribution in [0.4, 0.5) is 39.5 Å². The molecule has 5 aromatic carbocycles. The zero-order valence-corrected chi connectivity index (χ0v) is 22.1. The number of hydrogen-bond donors (Lipinski definition) is 0. The van der Waals surface area contributed by atoms with Gasteiger partial charge in [-0.15, -0.1) is 0 Å². The van der Waals surface area contributed by atoms with E-state index < -0.39 is 63.7 Å². The molecule has 5 aromatic rings. The number of halogens is 9. The fraction of sp³-hybridized carbons (Fsp3) is 0.0909. The minimum atomic E-state index is -4.80. The van der Waals surface area contributed by atoms with E-state index in [1.165, 1.54) is 18.2 Å². The Hall–Kier alpha value is -4.73. The number of benzene rings is 5. The second-order valence-corrected chi connectivity index (χ2v) is 9.57. The van der Waals surface area contributed by atoms with Crippen molar-refractivity contribution in [2.75, 3.05) is 0 Å². The second-order valence-electron chi connectivity index (χ2n) is 9.57. The average Bonchev–Trinajstić information content (AvgIpc) is 2.95. The van der Waals surface area contributed by atoms with Crippen LogP contribution in [0.25, 0.3) is 33.4 Å². The Morgan fingerprint density at radius 2 is 0.977 bits per heavy atom. The highest BCUT2D eigenvalue weighted by Gasteiger charge is 2.41. The Morgan fingerprint density at radius 1 is 0.512 bits per heavy atom. The molecule has 0 fully saturated rings. The van der Waals surface area contributed by atoms with Crippen LogP contribution >= 0.6 is 0 Å². The molecule has 0 aliphatic heterocycles. The van der Waals surface area contributed by atoms with Crippen LogP contribution in [0.15, 0.2) is 84.9 Å². The highest BCUT2D eigenvalue weighted by Crippen LogP contribution is 2.39. The third-order valence-corrected chi connectivity index (χ3v) is 6.79.